The van der Waals surface area contributed by atoms with E-state index in [9.17, 15) is 27.9 Å². The van der Waals surface area contributed by atoms with E-state index < -0.39 is 35.9 Å². The average molecular weight is 600 g/mol. The van der Waals surface area contributed by atoms with Gasteiger partial charge in [-0.2, -0.15) is 13.8 Å². The van der Waals surface area contributed by atoms with Crippen LogP contribution < -0.4 is 0 Å². The van der Waals surface area contributed by atoms with E-state index in [0.29, 0.717) is 11.3 Å². The van der Waals surface area contributed by atoms with Gasteiger partial charge in [0.25, 0.3) is 5.89 Å². The van der Waals surface area contributed by atoms with Crippen molar-refractivity contribution in [3.63, 3.8) is 0 Å². The van der Waals surface area contributed by atoms with Crippen molar-refractivity contribution < 1.29 is 41.5 Å². The first-order valence-electron chi connectivity index (χ1n) is 12.8. The Hall–Kier alpha value is -5.28. The number of guanidine groups is 1. The summed E-state index contributed by atoms with van der Waals surface area (Å²) >= 11 is 0. The SMILES string of the molecule is CC(C)(C)OC(=O)N1CCN(C(=O)O)C1=Nc1ccc(-c2noc(Cc3ccc(-c4nnc(C(F)F)o4)cc3F)n2)cc1. The molecule has 0 spiro atoms. The Morgan fingerprint density at radius 2 is 1.77 bits per heavy atom. The molecule has 2 aromatic heterocycles. The molecular weight excluding hydrogens is 575 g/mol. The minimum atomic E-state index is -2.94. The van der Waals surface area contributed by atoms with Gasteiger partial charge in [-0.1, -0.05) is 11.2 Å². The molecule has 1 aliphatic heterocycles. The third kappa shape index (κ3) is 6.63. The molecule has 0 unspecified atom stereocenters. The summed E-state index contributed by atoms with van der Waals surface area (Å²) in [5.74, 6) is -1.53. The van der Waals surface area contributed by atoms with Gasteiger partial charge in [0.1, 0.15) is 11.4 Å². The van der Waals surface area contributed by atoms with Gasteiger partial charge in [-0.3, -0.25) is 0 Å². The van der Waals surface area contributed by atoms with Crippen LogP contribution in [0, 0.1) is 5.82 Å². The maximum atomic E-state index is 14.8. The standard InChI is InChI=1S/C27H24F3N7O6/c1-27(2,3)42-26(40)37-11-10-36(25(38)39)24(37)31-17-8-6-14(7-9-17)21-32-19(43-35-21)13-15-4-5-16(12-18(15)28)22-33-34-23(41-22)20(29)30/h4-9,12,20H,10-11,13H2,1-3H3,(H,38,39). The summed E-state index contributed by atoms with van der Waals surface area (Å²) in [6.07, 6.45) is -4.97. The van der Waals surface area contributed by atoms with Crippen LogP contribution in [0.2, 0.25) is 0 Å². The molecule has 43 heavy (non-hydrogen) atoms. The van der Waals surface area contributed by atoms with Crippen molar-refractivity contribution in [3.05, 3.63) is 65.6 Å². The van der Waals surface area contributed by atoms with E-state index in [1.165, 1.54) is 12.1 Å². The molecule has 4 aromatic rings. The van der Waals surface area contributed by atoms with Crippen LogP contribution in [0.15, 0.2) is 56.4 Å². The van der Waals surface area contributed by atoms with Crippen LogP contribution in [-0.4, -0.2) is 72.1 Å². The highest BCUT2D eigenvalue weighted by Crippen LogP contribution is 2.27. The lowest BCUT2D eigenvalue weighted by molar-refractivity contribution is 0.0385. The van der Waals surface area contributed by atoms with Gasteiger partial charge < -0.3 is 18.8 Å². The highest BCUT2D eigenvalue weighted by Gasteiger charge is 2.37. The lowest BCUT2D eigenvalue weighted by Gasteiger charge is -2.24. The van der Waals surface area contributed by atoms with Crippen LogP contribution >= 0.6 is 0 Å². The van der Waals surface area contributed by atoms with Crippen LogP contribution in [0.5, 0.6) is 0 Å². The molecule has 3 heterocycles. The Morgan fingerprint density at radius 1 is 1.07 bits per heavy atom. The van der Waals surface area contributed by atoms with Gasteiger partial charge in [0.15, 0.2) is 0 Å². The molecule has 0 radical (unpaired) electrons. The first kappa shape index (κ1) is 29.2. The second-order valence-corrected chi connectivity index (χ2v) is 10.3. The topological polar surface area (TPSA) is 160 Å². The molecule has 2 amide bonds. The fourth-order valence-corrected chi connectivity index (χ4v) is 4.01. The van der Waals surface area contributed by atoms with Crippen molar-refractivity contribution in [2.45, 2.75) is 39.2 Å². The molecule has 0 bridgehead atoms. The Bertz CT molecular complexity index is 1680. The van der Waals surface area contributed by atoms with Gasteiger partial charge in [-0.15, -0.1) is 10.2 Å². The number of carbonyl (C=O) groups is 2. The Labute approximate surface area is 241 Å². The summed E-state index contributed by atoms with van der Waals surface area (Å²) in [4.78, 5) is 35.2. The molecular formula is C27H24F3N7O6. The van der Waals surface area contributed by atoms with Crippen LogP contribution in [0.3, 0.4) is 0 Å². The smallest absolute Gasteiger partial charge is 0.417 e. The highest BCUT2D eigenvalue weighted by atomic mass is 19.3. The molecule has 0 saturated carbocycles. The summed E-state index contributed by atoms with van der Waals surface area (Å²) in [5.41, 5.74) is 0.443. The van der Waals surface area contributed by atoms with E-state index in [-0.39, 0.29) is 54.2 Å². The predicted molar refractivity (Wildman–Crippen MR) is 142 cm³/mol. The first-order valence-corrected chi connectivity index (χ1v) is 12.8. The summed E-state index contributed by atoms with van der Waals surface area (Å²) in [5, 5.41) is 20.2. The number of carbonyl (C=O) groups excluding carboxylic acids is 1. The second-order valence-electron chi connectivity index (χ2n) is 10.3. The summed E-state index contributed by atoms with van der Waals surface area (Å²) in [6, 6.07) is 10.4. The number of aliphatic imine (C=N–C) groups is 1. The number of rotatable bonds is 6. The molecule has 0 aliphatic carbocycles. The van der Waals surface area contributed by atoms with E-state index in [1.54, 1.807) is 45.0 Å². The lowest BCUT2D eigenvalue weighted by atomic mass is 10.1. The quantitative estimate of drug-likeness (QED) is 0.292. The molecule has 2 aromatic carbocycles. The highest BCUT2D eigenvalue weighted by molar-refractivity contribution is 6.03. The van der Waals surface area contributed by atoms with Crippen molar-refractivity contribution in [1.29, 1.82) is 0 Å². The van der Waals surface area contributed by atoms with Crippen LogP contribution in [0.4, 0.5) is 28.4 Å². The number of hydrogen-bond donors (Lipinski definition) is 1. The van der Waals surface area contributed by atoms with E-state index in [1.807, 2.05) is 0 Å². The Balaban J connectivity index is 1.30. The van der Waals surface area contributed by atoms with E-state index in [4.69, 9.17) is 13.7 Å². The van der Waals surface area contributed by atoms with Crippen LogP contribution in [0.25, 0.3) is 22.8 Å². The van der Waals surface area contributed by atoms with Crippen molar-refractivity contribution >= 4 is 23.8 Å². The summed E-state index contributed by atoms with van der Waals surface area (Å²) < 4.78 is 55.7. The number of halogens is 3. The van der Waals surface area contributed by atoms with Gasteiger partial charge in [-0.25, -0.2) is 28.8 Å². The van der Waals surface area contributed by atoms with Gasteiger partial charge in [0.2, 0.25) is 23.6 Å². The first-order chi connectivity index (χ1) is 20.4. The number of carboxylic acid groups (broad SMARTS) is 1. The molecule has 13 nitrogen and oxygen atoms in total. The van der Waals surface area contributed by atoms with E-state index in [2.05, 4.69) is 25.3 Å². The maximum absolute atomic E-state index is 14.8. The fourth-order valence-electron chi connectivity index (χ4n) is 4.01. The van der Waals surface area contributed by atoms with Gasteiger partial charge >= 0.3 is 18.6 Å². The number of alkyl halides is 2. The third-order valence-corrected chi connectivity index (χ3v) is 5.97. The van der Waals surface area contributed by atoms with Crippen molar-refractivity contribution in [1.82, 2.24) is 30.1 Å². The molecule has 1 fully saturated rings. The lowest BCUT2D eigenvalue weighted by Crippen LogP contribution is -2.42. The molecule has 1 aliphatic rings. The molecule has 5 rings (SSSR count). The molecule has 1 saturated heterocycles. The van der Waals surface area contributed by atoms with Gasteiger partial charge in [0, 0.05) is 11.1 Å². The zero-order valence-electron chi connectivity index (χ0n) is 23.0. The predicted octanol–water partition coefficient (Wildman–Crippen LogP) is 5.67. The summed E-state index contributed by atoms with van der Waals surface area (Å²) in [7, 11) is 0. The molecule has 224 valence electrons. The Morgan fingerprint density at radius 3 is 2.40 bits per heavy atom. The zero-order chi connectivity index (χ0) is 30.9. The van der Waals surface area contributed by atoms with Crippen molar-refractivity contribution in [2.75, 3.05) is 13.1 Å². The number of ether oxygens (including phenoxy) is 1. The Kier molecular flexibility index (Phi) is 7.84. The van der Waals surface area contributed by atoms with Crippen LogP contribution in [-0.2, 0) is 11.2 Å². The van der Waals surface area contributed by atoms with Gasteiger partial charge in [-0.05, 0) is 62.7 Å². The largest absolute Gasteiger partial charge is 0.465 e. The number of nitrogens with zero attached hydrogens (tertiary/aromatic N) is 7. The number of hydrogen-bond acceptors (Lipinski definition) is 10. The van der Waals surface area contributed by atoms with E-state index >= 15 is 0 Å². The fraction of sp³-hybridized carbons (Fsp3) is 0.296. The minimum Gasteiger partial charge on any atom is -0.465 e. The normalized spacial score (nSPS) is 14.6. The maximum Gasteiger partial charge on any atom is 0.417 e. The second kappa shape index (κ2) is 11.5. The zero-order valence-corrected chi connectivity index (χ0v) is 23.0. The van der Waals surface area contributed by atoms with Gasteiger partial charge in [0.05, 0.1) is 25.2 Å². The molecule has 16 heteroatoms. The van der Waals surface area contributed by atoms with E-state index in [0.717, 1.165) is 15.9 Å². The monoisotopic (exact) mass is 599 g/mol. The average Bonchev–Trinajstić information content (AvgIpc) is 3.69. The number of aromatic nitrogens is 4. The molecule has 1 N–H and O–H groups in total. The summed E-state index contributed by atoms with van der Waals surface area (Å²) in [6.45, 7) is 5.23. The number of benzene rings is 2. The van der Waals surface area contributed by atoms with Crippen LogP contribution in [0.1, 0.15) is 44.5 Å². The molecule has 0 atom stereocenters. The van der Waals surface area contributed by atoms with Crippen molar-refractivity contribution in [3.8, 4) is 22.8 Å². The minimum absolute atomic E-state index is 0.0387. The third-order valence-electron chi connectivity index (χ3n) is 5.97. The number of amides is 2. The van der Waals surface area contributed by atoms with Crippen molar-refractivity contribution in [2.24, 2.45) is 4.99 Å².